The van der Waals surface area contributed by atoms with Crippen molar-refractivity contribution in [3.8, 4) is 0 Å². The summed E-state index contributed by atoms with van der Waals surface area (Å²) in [7, 11) is 0. The zero-order valence-electron chi connectivity index (χ0n) is 18.2. The predicted molar refractivity (Wildman–Crippen MR) is 127 cm³/mol. The molecule has 0 spiro atoms. The van der Waals surface area contributed by atoms with Crippen LogP contribution in [0.15, 0.2) is 48.9 Å². The molecule has 3 aromatic heterocycles. The van der Waals surface area contributed by atoms with Crippen LogP contribution in [0.5, 0.6) is 0 Å². The minimum atomic E-state index is -0.875. The molecular weight excluding hydrogens is 420 g/mol. The van der Waals surface area contributed by atoms with Crippen LogP contribution in [-0.4, -0.2) is 60.2 Å². The third-order valence-electron chi connectivity index (χ3n) is 6.65. The molecule has 4 atom stereocenters. The lowest BCUT2D eigenvalue weighted by Crippen LogP contribution is -2.29. The standard InChI is InChI=1S/C24H28N6O3/c25-23-17-7-9-30(24(17)28-13-27-23)19-12-16(21(32)22(19)33)4-2-14-1-3-15-5-6-20(26-8-10-31)29-18(15)11-14/h1,3,5-7,9,11,13,16,19,21-22,31-33H,2,4,8,10,12H2,(H,26,29)(H2,25,27,28)/t16-,19+,21+,22-/m0/s1. The molecule has 3 heterocycles. The van der Waals surface area contributed by atoms with Gasteiger partial charge in [-0.25, -0.2) is 15.0 Å². The highest BCUT2D eigenvalue weighted by Crippen LogP contribution is 2.39. The Morgan fingerprint density at radius 1 is 1.09 bits per heavy atom. The van der Waals surface area contributed by atoms with Crippen molar-refractivity contribution in [3.63, 3.8) is 0 Å². The number of aliphatic hydroxyl groups excluding tert-OH is 3. The number of nitrogens with one attached hydrogen (secondary N) is 1. The van der Waals surface area contributed by atoms with Gasteiger partial charge >= 0.3 is 0 Å². The molecule has 33 heavy (non-hydrogen) atoms. The van der Waals surface area contributed by atoms with Crippen LogP contribution < -0.4 is 11.1 Å². The molecule has 0 unspecified atom stereocenters. The first-order valence-electron chi connectivity index (χ1n) is 11.2. The third-order valence-corrected chi connectivity index (χ3v) is 6.65. The van der Waals surface area contributed by atoms with E-state index in [0.717, 1.165) is 40.5 Å². The van der Waals surface area contributed by atoms with Gasteiger partial charge in [-0.3, -0.25) is 0 Å². The van der Waals surface area contributed by atoms with Gasteiger partial charge < -0.3 is 30.9 Å². The molecule has 1 fully saturated rings. The van der Waals surface area contributed by atoms with E-state index in [-0.39, 0.29) is 18.6 Å². The molecular formula is C24H28N6O3. The Morgan fingerprint density at radius 3 is 2.79 bits per heavy atom. The molecule has 1 aliphatic rings. The van der Waals surface area contributed by atoms with Gasteiger partial charge in [0.1, 0.15) is 29.7 Å². The van der Waals surface area contributed by atoms with Gasteiger partial charge in [0.05, 0.1) is 29.7 Å². The molecule has 9 nitrogen and oxygen atoms in total. The number of hydrogen-bond donors (Lipinski definition) is 5. The second-order valence-corrected chi connectivity index (χ2v) is 8.68. The average Bonchev–Trinajstić information content (AvgIpc) is 3.38. The molecule has 1 aliphatic carbocycles. The van der Waals surface area contributed by atoms with E-state index in [2.05, 4.69) is 32.4 Å². The van der Waals surface area contributed by atoms with Gasteiger partial charge in [0.2, 0.25) is 0 Å². The maximum Gasteiger partial charge on any atom is 0.145 e. The largest absolute Gasteiger partial charge is 0.395 e. The summed E-state index contributed by atoms with van der Waals surface area (Å²) in [4.78, 5) is 13.0. The zero-order valence-corrected chi connectivity index (χ0v) is 18.2. The van der Waals surface area contributed by atoms with Gasteiger partial charge in [-0.2, -0.15) is 0 Å². The first kappa shape index (κ1) is 21.6. The first-order valence-corrected chi connectivity index (χ1v) is 11.2. The Morgan fingerprint density at radius 2 is 1.94 bits per heavy atom. The topological polar surface area (TPSA) is 142 Å². The van der Waals surface area contributed by atoms with Crippen molar-refractivity contribution in [1.29, 1.82) is 0 Å². The van der Waals surface area contributed by atoms with Crippen molar-refractivity contribution in [3.05, 3.63) is 54.5 Å². The number of nitrogens with zero attached hydrogens (tertiary/aromatic N) is 4. The summed E-state index contributed by atoms with van der Waals surface area (Å²) in [5.41, 5.74) is 8.63. The summed E-state index contributed by atoms with van der Waals surface area (Å²) in [6, 6.07) is 11.7. The normalized spacial score (nSPS) is 22.9. The maximum absolute atomic E-state index is 10.8. The fourth-order valence-corrected chi connectivity index (χ4v) is 4.87. The van der Waals surface area contributed by atoms with Gasteiger partial charge in [0, 0.05) is 18.1 Å². The fraction of sp³-hybridized carbons (Fsp3) is 0.375. The monoisotopic (exact) mass is 448 g/mol. The van der Waals surface area contributed by atoms with E-state index in [1.165, 1.54) is 6.33 Å². The van der Waals surface area contributed by atoms with Gasteiger partial charge in [0.25, 0.3) is 0 Å². The van der Waals surface area contributed by atoms with E-state index in [0.29, 0.717) is 24.4 Å². The molecule has 0 saturated heterocycles. The molecule has 9 heteroatoms. The number of hydrogen-bond acceptors (Lipinski definition) is 8. The van der Waals surface area contributed by atoms with Crippen molar-refractivity contribution in [2.24, 2.45) is 5.92 Å². The lowest BCUT2D eigenvalue weighted by atomic mass is 9.95. The second kappa shape index (κ2) is 8.93. The van der Waals surface area contributed by atoms with Crippen LogP contribution in [0, 0.1) is 5.92 Å². The van der Waals surface area contributed by atoms with Gasteiger partial charge in [-0.1, -0.05) is 12.1 Å². The van der Waals surface area contributed by atoms with Crippen molar-refractivity contribution < 1.29 is 15.3 Å². The van der Waals surface area contributed by atoms with Gasteiger partial charge in [-0.15, -0.1) is 0 Å². The number of pyridine rings is 1. The Bertz CT molecular complexity index is 1280. The number of aliphatic hydroxyl groups is 3. The first-order chi connectivity index (χ1) is 16.0. The van der Waals surface area contributed by atoms with Crippen molar-refractivity contribution in [2.75, 3.05) is 24.2 Å². The Balaban J connectivity index is 1.30. The van der Waals surface area contributed by atoms with E-state index in [1.807, 2.05) is 35.0 Å². The number of nitrogen functional groups attached to an aromatic ring is 1. The summed E-state index contributed by atoms with van der Waals surface area (Å²) in [5, 5.41) is 35.4. The van der Waals surface area contributed by atoms with Crippen molar-refractivity contribution >= 4 is 33.6 Å². The zero-order chi connectivity index (χ0) is 22.9. The number of anilines is 2. The summed E-state index contributed by atoms with van der Waals surface area (Å²) in [5.74, 6) is 1.10. The maximum atomic E-state index is 10.8. The molecule has 0 amide bonds. The molecule has 4 aromatic rings. The van der Waals surface area contributed by atoms with Crippen LogP contribution in [-0.2, 0) is 6.42 Å². The molecule has 172 valence electrons. The van der Waals surface area contributed by atoms with E-state index < -0.39 is 12.2 Å². The minimum Gasteiger partial charge on any atom is -0.395 e. The smallest absolute Gasteiger partial charge is 0.145 e. The van der Waals surface area contributed by atoms with Crippen LogP contribution in [0.25, 0.3) is 21.9 Å². The van der Waals surface area contributed by atoms with Crippen molar-refractivity contribution in [1.82, 2.24) is 19.5 Å². The van der Waals surface area contributed by atoms with Crippen LogP contribution >= 0.6 is 0 Å². The number of rotatable bonds is 7. The van der Waals surface area contributed by atoms with Gasteiger partial charge in [-0.05, 0) is 55.0 Å². The van der Waals surface area contributed by atoms with Crippen LogP contribution in [0.4, 0.5) is 11.6 Å². The molecule has 0 bridgehead atoms. The Kier molecular flexibility index (Phi) is 5.84. The fourth-order valence-electron chi connectivity index (χ4n) is 4.87. The van der Waals surface area contributed by atoms with Crippen molar-refractivity contribution in [2.45, 2.75) is 37.5 Å². The highest BCUT2D eigenvalue weighted by Gasteiger charge is 2.42. The number of benzene rings is 1. The SMILES string of the molecule is Nc1ncnc2c1ccn2[C@@H]1C[C@H](CCc2ccc3ccc(NCCO)nc3c2)[C@@H](O)[C@H]1O. The van der Waals surface area contributed by atoms with Gasteiger partial charge in [0.15, 0.2) is 0 Å². The van der Waals surface area contributed by atoms with Crippen LogP contribution in [0.3, 0.4) is 0 Å². The quantitative estimate of drug-likeness (QED) is 0.288. The molecule has 0 radical (unpaired) electrons. The lowest BCUT2D eigenvalue weighted by Gasteiger charge is -2.19. The molecule has 0 aliphatic heterocycles. The summed E-state index contributed by atoms with van der Waals surface area (Å²) in [6.45, 7) is 0.506. The van der Waals surface area contributed by atoms with Crippen LogP contribution in [0.1, 0.15) is 24.4 Å². The third kappa shape index (κ3) is 4.10. The highest BCUT2D eigenvalue weighted by atomic mass is 16.3. The molecule has 6 N–H and O–H groups in total. The number of nitrogens with two attached hydrogens (primary N) is 1. The molecule has 5 rings (SSSR count). The number of aryl methyl sites for hydroxylation is 1. The molecule has 1 saturated carbocycles. The minimum absolute atomic E-state index is 0.0390. The van der Waals surface area contributed by atoms with Crippen LogP contribution in [0.2, 0.25) is 0 Å². The predicted octanol–water partition coefficient (Wildman–Crippen LogP) is 1.88. The van der Waals surface area contributed by atoms with E-state index >= 15 is 0 Å². The number of fused-ring (bicyclic) bond motifs is 2. The summed E-state index contributed by atoms with van der Waals surface area (Å²) < 4.78 is 1.90. The Hall–Kier alpha value is -3.27. The van der Waals surface area contributed by atoms with E-state index in [4.69, 9.17) is 10.8 Å². The lowest BCUT2D eigenvalue weighted by molar-refractivity contribution is 0.00545. The second-order valence-electron chi connectivity index (χ2n) is 8.68. The highest BCUT2D eigenvalue weighted by molar-refractivity contribution is 5.86. The number of aromatic nitrogens is 4. The summed E-state index contributed by atoms with van der Waals surface area (Å²) in [6.07, 6.45) is 3.77. The van der Waals surface area contributed by atoms with E-state index in [9.17, 15) is 10.2 Å². The Labute approximate surface area is 190 Å². The summed E-state index contributed by atoms with van der Waals surface area (Å²) >= 11 is 0. The molecule has 1 aromatic carbocycles. The van der Waals surface area contributed by atoms with E-state index in [1.54, 1.807) is 0 Å². The average molecular weight is 449 g/mol.